The maximum absolute atomic E-state index is 5.30. The van der Waals surface area contributed by atoms with Gasteiger partial charge in [-0.15, -0.1) is 0 Å². The Bertz CT molecular complexity index is 419. The van der Waals surface area contributed by atoms with Crippen LogP contribution in [-0.2, 0) is 6.42 Å². The first-order chi connectivity index (χ1) is 7.13. The molecule has 0 saturated carbocycles. The van der Waals surface area contributed by atoms with Gasteiger partial charge in [-0.25, -0.2) is 0 Å². The molecule has 1 aromatic rings. The monoisotopic (exact) mass is 266 g/mol. The SMILES string of the molecule is COc1cc2c(cc1Br)C(C(C)C)=CC2. The van der Waals surface area contributed by atoms with Crippen LogP contribution in [0.2, 0.25) is 0 Å². The van der Waals surface area contributed by atoms with E-state index in [0.29, 0.717) is 5.92 Å². The number of methoxy groups -OCH3 is 1. The highest BCUT2D eigenvalue weighted by atomic mass is 79.9. The summed E-state index contributed by atoms with van der Waals surface area (Å²) in [6.45, 7) is 4.47. The molecule has 1 aromatic carbocycles. The molecule has 0 N–H and O–H groups in total. The fourth-order valence-corrected chi connectivity index (χ4v) is 2.57. The first-order valence-electron chi connectivity index (χ1n) is 5.20. The van der Waals surface area contributed by atoms with Crippen LogP contribution in [0.15, 0.2) is 22.7 Å². The summed E-state index contributed by atoms with van der Waals surface area (Å²) >= 11 is 3.53. The second-order valence-electron chi connectivity index (χ2n) is 4.16. The van der Waals surface area contributed by atoms with E-state index in [2.05, 4.69) is 48.0 Å². The van der Waals surface area contributed by atoms with E-state index in [-0.39, 0.29) is 0 Å². The highest BCUT2D eigenvalue weighted by molar-refractivity contribution is 9.10. The molecule has 0 saturated heterocycles. The molecule has 0 fully saturated rings. The first kappa shape index (κ1) is 10.7. The van der Waals surface area contributed by atoms with Crippen LogP contribution in [-0.4, -0.2) is 7.11 Å². The molecule has 0 aliphatic heterocycles. The van der Waals surface area contributed by atoms with Crippen LogP contribution in [0, 0.1) is 5.92 Å². The van der Waals surface area contributed by atoms with Crippen LogP contribution in [0.3, 0.4) is 0 Å². The molecule has 2 heteroatoms. The smallest absolute Gasteiger partial charge is 0.133 e. The van der Waals surface area contributed by atoms with Gasteiger partial charge in [-0.2, -0.15) is 0 Å². The topological polar surface area (TPSA) is 9.23 Å². The van der Waals surface area contributed by atoms with Gasteiger partial charge in [0, 0.05) is 0 Å². The second-order valence-corrected chi connectivity index (χ2v) is 5.02. The predicted octanol–water partition coefficient (Wildman–Crippen LogP) is 4.05. The number of allylic oxidation sites excluding steroid dienone is 2. The Balaban J connectivity index is 2.48. The van der Waals surface area contributed by atoms with Crippen molar-refractivity contribution in [2.75, 3.05) is 7.11 Å². The van der Waals surface area contributed by atoms with Crippen molar-refractivity contribution < 1.29 is 4.74 Å². The third-order valence-electron chi connectivity index (χ3n) is 2.85. The van der Waals surface area contributed by atoms with Gasteiger partial charge in [-0.05, 0) is 57.1 Å². The Labute approximate surface area is 99.3 Å². The van der Waals surface area contributed by atoms with Crippen LogP contribution in [0.5, 0.6) is 5.75 Å². The van der Waals surface area contributed by atoms with Crippen LogP contribution in [0.1, 0.15) is 25.0 Å². The van der Waals surface area contributed by atoms with Gasteiger partial charge >= 0.3 is 0 Å². The van der Waals surface area contributed by atoms with Crippen molar-refractivity contribution in [1.82, 2.24) is 0 Å². The molecule has 2 rings (SSSR count). The lowest BCUT2D eigenvalue weighted by Gasteiger charge is -2.12. The van der Waals surface area contributed by atoms with E-state index in [1.807, 2.05) is 0 Å². The Morgan fingerprint density at radius 1 is 1.33 bits per heavy atom. The number of ether oxygens (including phenoxy) is 1. The zero-order chi connectivity index (χ0) is 11.0. The standard InChI is InChI=1S/C13H15BrO/c1-8(2)10-5-4-9-6-13(15-3)12(14)7-11(9)10/h5-8H,4H2,1-3H3. The lowest BCUT2D eigenvalue weighted by Crippen LogP contribution is -1.94. The molecule has 1 nitrogen and oxygen atoms in total. The normalized spacial score (nSPS) is 14.1. The predicted molar refractivity (Wildman–Crippen MR) is 67.2 cm³/mol. The third kappa shape index (κ3) is 1.83. The molecule has 1 aliphatic carbocycles. The van der Waals surface area contributed by atoms with Crippen LogP contribution in [0.4, 0.5) is 0 Å². The molecule has 0 heterocycles. The van der Waals surface area contributed by atoms with E-state index >= 15 is 0 Å². The maximum Gasteiger partial charge on any atom is 0.133 e. The maximum atomic E-state index is 5.30. The van der Waals surface area contributed by atoms with Crippen molar-refractivity contribution in [3.63, 3.8) is 0 Å². The van der Waals surface area contributed by atoms with E-state index in [4.69, 9.17) is 4.74 Å². The lowest BCUT2D eigenvalue weighted by atomic mass is 9.97. The van der Waals surface area contributed by atoms with E-state index in [1.54, 1.807) is 7.11 Å². The molecular formula is C13H15BrO. The minimum Gasteiger partial charge on any atom is -0.496 e. The van der Waals surface area contributed by atoms with Crippen molar-refractivity contribution in [2.45, 2.75) is 20.3 Å². The fourth-order valence-electron chi connectivity index (χ4n) is 2.07. The number of benzene rings is 1. The zero-order valence-corrected chi connectivity index (χ0v) is 10.9. The molecule has 0 atom stereocenters. The fraction of sp³-hybridized carbons (Fsp3) is 0.385. The summed E-state index contributed by atoms with van der Waals surface area (Å²) in [4.78, 5) is 0. The van der Waals surface area contributed by atoms with Gasteiger partial charge in [-0.3, -0.25) is 0 Å². The third-order valence-corrected chi connectivity index (χ3v) is 3.47. The number of hydrogen-bond donors (Lipinski definition) is 0. The van der Waals surface area contributed by atoms with E-state index in [0.717, 1.165) is 16.6 Å². The van der Waals surface area contributed by atoms with Gasteiger partial charge in [0.1, 0.15) is 5.75 Å². The molecule has 1 aliphatic rings. The van der Waals surface area contributed by atoms with E-state index in [1.165, 1.54) is 16.7 Å². The van der Waals surface area contributed by atoms with Crippen molar-refractivity contribution >= 4 is 21.5 Å². The summed E-state index contributed by atoms with van der Waals surface area (Å²) < 4.78 is 6.34. The quantitative estimate of drug-likeness (QED) is 0.785. The number of rotatable bonds is 2. The van der Waals surface area contributed by atoms with Gasteiger partial charge in [-0.1, -0.05) is 19.9 Å². The zero-order valence-electron chi connectivity index (χ0n) is 9.30. The van der Waals surface area contributed by atoms with Crippen molar-refractivity contribution in [2.24, 2.45) is 5.92 Å². The Morgan fingerprint density at radius 3 is 2.67 bits per heavy atom. The van der Waals surface area contributed by atoms with Gasteiger partial charge < -0.3 is 4.74 Å². The minimum atomic E-state index is 0.589. The summed E-state index contributed by atoms with van der Waals surface area (Å²) in [7, 11) is 1.71. The number of hydrogen-bond acceptors (Lipinski definition) is 1. The summed E-state index contributed by atoms with van der Waals surface area (Å²) in [5.41, 5.74) is 4.20. The highest BCUT2D eigenvalue weighted by Crippen LogP contribution is 2.38. The molecule has 15 heavy (non-hydrogen) atoms. The summed E-state index contributed by atoms with van der Waals surface area (Å²) in [5, 5.41) is 0. The van der Waals surface area contributed by atoms with Crippen molar-refractivity contribution in [1.29, 1.82) is 0 Å². The molecule has 0 aromatic heterocycles. The van der Waals surface area contributed by atoms with Gasteiger partial charge in [0.2, 0.25) is 0 Å². The average molecular weight is 267 g/mol. The Hall–Kier alpha value is -0.760. The minimum absolute atomic E-state index is 0.589. The second kappa shape index (κ2) is 4.01. The summed E-state index contributed by atoms with van der Waals surface area (Å²) in [5.74, 6) is 1.51. The average Bonchev–Trinajstić information content (AvgIpc) is 2.59. The van der Waals surface area contributed by atoms with Crippen LogP contribution in [0.25, 0.3) is 5.57 Å². The van der Waals surface area contributed by atoms with E-state index in [9.17, 15) is 0 Å². The molecule has 0 amide bonds. The molecule has 0 bridgehead atoms. The molecular weight excluding hydrogens is 252 g/mol. The van der Waals surface area contributed by atoms with Gasteiger partial charge in [0.05, 0.1) is 11.6 Å². The number of fused-ring (bicyclic) bond motifs is 1. The Kier molecular flexibility index (Phi) is 2.87. The molecule has 0 radical (unpaired) electrons. The lowest BCUT2D eigenvalue weighted by molar-refractivity contribution is 0.411. The molecule has 0 unspecified atom stereocenters. The van der Waals surface area contributed by atoms with Gasteiger partial charge in [0.15, 0.2) is 0 Å². The first-order valence-corrected chi connectivity index (χ1v) is 5.99. The summed E-state index contributed by atoms with van der Waals surface area (Å²) in [6, 6.07) is 4.30. The Morgan fingerprint density at radius 2 is 2.07 bits per heavy atom. The van der Waals surface area contributed by atoms with Crippen LogP contribution < -0.4 is 4.74 Å². The molecule has 0 spiro atoms. The van der Waals surface area contributed by atoms with Gasteiger partial charge in [0.25, 0.3) is 0 Å². The number of halogens is 1. The molecule has 80 valence electrons. The van der Waals surface area contributed by atoms with E-state index < -0.39 is 0 Å². The summed E-state index contributed by atoms with van der Waals surface area (Å²) in [6.07, 6.45) is 3.35. The van der Waals surface area contributed by atoms with Crippen molar-refractivity contribution in [3.05, 3.63) is 33.8 Å². The highest BCUT2D eigenvalue weighted by Gasteiger charge is 2.18. The largest absolute Gasteiger partial charge is 0.496 e. The van der Waals surface area contributed by atoms with Crippen molar-refractivity contribution in [3.8, 4) is 5.75 Å². The van der Waals surface area contributed by atoms with Crippen LogP contribution >= 0.6 is 15.9 Å².